The second kappa shape index (κ2) is 50.4. The number of hydrogen-bond donors (Lipinski definition) is 5. The molecule has 4 aliphatic rings. The smallest absolute Gasteiger partial charge is 0.329 e. The summed E-state index contributed by atoms with van der Waals surface area (Å²) in [6.45, 7) is 2.33. The first-order valence-corrected chi connectivity index (χ1v) is 43.2. The van der Waals surface area contributed by atoms with Gasteiger partial charge in [0, 0.05) is 133 Å². The average molecular weight is 1770 g/mol. The number of halogens is 3. The van der Waals surface area contributed by atoms with Crippen LogP contribution in [0.25, 0.3) is 5.69 Å². The van der Waals surface area contributed by atoms with Gasteiger partial charge in [0.2, 0.25) is 5.69 Å². The fraction of sp³-hybridized carbons (Fsp3) is 0.327. The van der Waals surface area contributed by atoms with Crippen LogP contribution in [-0.2, 0) is 53.5 Å². The molecule has 22 nitrogen and oxygen atoms in total. The van der Waals surface area contributed by atoms with Crippen molar-refractivity contribution in [1.82, 2.24) is 14.1 Å². The predicted octanol–water partition coefficient (Wildman–Crippen LogP) is 12.7. The predicted molar refractivity (Wildman–Crippen MR) is 485 cm³/mol. The number of carbonyl (C=O) groups is 1. The summed E-state index contributed by atoms with van der Waals surface area (Å²) in [5, 5.41) is 69.8. The van der Waals surface area contributed by atoms with Gasteiger partial charge in [0.05, 0.1) is 39.6 Å². The number of non-ortho nitro benzene ring substituents is 2. The van der Waals surface area contributed by atoms with Gasteiger partial charge in [0.25, 0.3) is 28.2 Å². The maximum atomic E-state index is 12.9. The molecule has 0 amide bonds. The van der Waals surface area contributed by atoms with Crippen molar-refractivity contribution in [3.8, 4) is 5.69 Å². The van der Waals surface area contributed by atoms with Crippen LogP contribution < -0.4 is 50.8 Å². The summed E-state index contributed by atoms with van der Waals surface area (Å²) in [4.78, 5) is 71.3. The van der Waals surface area contributed by atoms with E-state index < -0.39 is 32.6 Å². The number of aromatic nitrogens is 5. The molecule has 12 aromatic rings. The van der Waals surface area contributed by atoms with E-state index in [0.717, 1.165) is 136 Å². The van der Waals surface area contributed by atoms with Gasteiger partial charge in [-0.15, -0.1) is 0 Å². The van der Waals surface area contributed by atoms with Crippen LogP contribution in [0.1, 0.15) is 190 Å². The Balaban J connectivity index is 0.000000185. The molecule has 4 aliphatic carbocycles. The van der Waals surface area contributed by atoms with Crippen molar-refractivity contribution in [2.45, 2.75) is 190 Å². The fourth-order valence-electron chi connectivity index (χ4n) is 16.7. The molecule has 4 fully saturated rings. The minimum Gasteiger partial charge on any atom is -1.00 e. The Bertz CT molecular complexity index is 5450. The summed E-state index contributed by atoms with van der Waals surface area (Å²) in [6, 6.07) is 79.0. The van der Waals surface area contributed by atoms with Gasteiger partial charge in [-0.05, 0) is 134 Å². The number of carboxylic acids is 1. The topological polar surface area (TPSA) is 318 Å². The second-order valence-corrected chi connectivity index (χ2v) is 33.0. The molecule has 0 bridgehead atoms. The number of aliphatic hydroxyl groups excluding tert-OH is 3. The number of nitro benzene ring substituents is 3. The van der Waals surface area contributed by atoms with Gasteiger partial charge < -0.3 is 55.5 Å². The number of carboxylic acid groups (broad SMARTS) is 1. The summed E-state index contributed by atoms with van der Waals surface area (Å²) in [6.07, 6.45) is 40.0. The van der Waals surface area contributed by atoms with Gasteiger partial charge in [-0.25, -0.2) is 4.79 Å². The largest absolute Gasteiger partial charge is 1.00 e. The summed E-state index contributed by atoms with van der Waals surface area (Å²) in [5.74, 6) is -0.892. The molecule has 0 radical (unpaired) electrons. The second-order valence-electron chi connectivity index (χ2n) is 32.6. The molecule has 6 N–H and O–H groups in total. The van der Waals surface area contributed by atoms with Gasteiger partial charge in [-0.2, -0.15) is 9.13 Å². The van der Waals surface area contributed by atoms with Crippen LogP contribution in [0.5, 0.6) is 0 Å². The molecule has 126 heavy (non-hydrogen) atoms. The van der Waals surface area contributed by atoms with Crippen LogP contribution in [0.2, 0.25) is 5.02 Å². The Morgan fingerprint density at radius 2 is 0.857 bits per heavy atom. The molecular formula is C101H114Cl3N9O13. The molecule has 7 aromatic carbocycles. The van der Waals surface area contributed by atoms with Crippen molar-refractivity contribution in [2.24, 2.45) is 5.73 Å². The summed E-state index contributed by atoms with van der Waals surface area (Å²) in [5.41, 5.74) is 16.3. The van der Waals surface area contributed by atoms with Crippen molar-refractivity contribution in [2.75, 3.05) is 19.8 Å². The lowest BCUT2D eigenvalue weighted by molar-refractivity contribution is -0.770. The van der Waals surface area contributed by atoms with Crippen LogP contribution >= 0.6 is 11.6 Å². The molecule has 0 spiro atoms. The highest BCUT2D eigenvalue weighted by molar-refractivity contribution is 6.32. The minimum absolute atomic E-state index is 0. The lowest BCUT2D eigenvalue weighted by atomic mass is 9.81. The molecule has 0 atom stereocenters. The normalized spacial score (nSPS) is 14.8. The van der Waals surface area contributed by atoms with Crippen LogP contribution in [0.3, 0.4) is 0 Å². The van der Waals surface area contributed by atoms with Gasteiger partial charge in [-0.1, -0.05) is 246 Å². The number of aliphatic carboxylic acids is 1. The Labute approximate surface area is 754 Å². The number of nitrogens with zero attached hydrogens (tertiary/aromatic N) is 8. The SMILES string of the molecule is Cc1cc([N+](=O)[O-])ccc1-[n+]1cccc(Cc2ccccc2)c1.NC1(CO)CCCCC1.O=C(O)C1(n2cccc(Cc3ccccc3)c2=O)CCCCC1.O=[N+]([O-])c1ccc(Cl)c([N+](=O)[O-])c1.O=c1c(Cc2ccccc2)cccn1C1(CO)CCCCC1.OCC1([n+]2cccc(Cc3ccccc3)c2)CCCCC1.[Cl-].[Cl-].c1ccc(Cc2cccnc2)cc1. The monoisotopic (exact) mass is 1770 g/mol. The number of rotatable bonds is 21. The summed E-state index contributed by atoms with van der Waals surface area (Å²) < 4.78 is 7.54. The molecule has 5 heterocycles. The highest BCUT2D eigenvalue weighted by atomic mass is 35.5. The Morgan fingerprint density at radius 3 is 1.29 bits per heavy atom. The van der Waals surface area contributed by atoms with E-state index in [1.165, 1.54) is 82.9 Å². The van der Waals surface area contributed by atoms with E-state index in [4.69, 9.17) is 22.4 Å². The van der Waals surface area contributed by atoms with Gasteiger partial charge in [-0.3, -0.25) is 49.5 Å². The van der Waals surface area contributed by atoms with E-state index in [9.17, 15) is 60.0 Å². The van der Waals surface area contributed by atoms with E-state index in [1.54, 1.807) is 47.3 Å². The molecule has 0 unspecified atom stereocenters. The van der Waals surface area contributed by atoms with Crippen LogP contribution in [0.4, 0.5) is 17.1 Å². The van der Waals surface area contributed by atoms with E-state index in [-0.39, 0.29) is 88.2 Å². The van der Waals surface area contributed by atoms with Gasteiger partial charge in [0.15, 0.2) is 30.3 Å². The molecule has 662 valence electrons. The number of hydrogen-bond acceptors (Lipinski definition) is 14. The number of aliphatic hydroxyl groups is 3. The van der Waals surface area contributed by atoms with Gasteiger partial charge >= 0.3 is 5.97 Å². The third kappa shape index (κ3) is 28.9. The van der Waals surface area contributed by atoms with Crippen molar-refractivity contribution in [3.63, 3.8) is 0 Å². The number of nitro groups is 3. The molecule has 5 aromatic heterocycles. The number of nitrogens with two attached hydrogens (primary N) is 1. The summed E-state index contributed by atoms with van der Waals surface area (Å²) >= 11 is 5.43. The third-order valence-electron chi connectivity index (χ3n) is 23.7. The molecule has 0 saturated heterocycles. The third-order valence-corrected chi connectivity index (χ3v) is 24.0. The van der Waals surface area contributed by atoms with Crippen molar-refractivity contribution in [3.05, 3.63) is 416 Å². The standard InChI is InChI=1S/C19H17N2O2.C19H21NO3.C19H23NO2.C19H24NO.C12H11N.C7H15NO.C6H3ClN2O4.2ClH/c1-15-12-18(21(22)23)9-10-19(15)20-11-5-8-17(14-20)13-16-6-3-2-4-7-16;21-17-16(14-15-8-3-1-4-9-15)10-7-13-20(17)19(18(22)23)11-5-2-6-12-19;21-15-19(11-5-2-6-12-19)20-13-7-10-17(18(20)22)14-16-8-3-1-4-9-16;21-16-19(11-5-2-6-12-19)20-13-7-10-18(15-20)14-17-8-3-1-4-9-17;1-2-5-11(6-3-1)9-12-7-4-8-13-10-12;8-7(6-9)4-2-1-3-5-7;7-5-2-1-4(8(10)11)3-6(5)9(12)13;;/h2-12,14H,13H2,1H3;1,3-4,7-10,13H,2,5-6,11-12,14H2,(H,22,23);1,3-4,7-10,13,21H,2,5-6,11-12,14-15H2;1,3-4,7-10,13,15,21H,2,5-6,11-12,14,16H2;1-8,10H,9H2;9H,1-6,8H2;1-3H;2*1H/q+1;;;+1;;;;;/p-2. The minimum atomic E-state index is -1.08. The zero-order chi connectivity index (χ0) is 88.2. The van der Waals surface area contributed by atoms with Gasteiger partial charge in [0.1, 0.15) is 17.2 Å². The van der Waals surface area contributed by atoms with Crippen LogP contribution in [0, 0.1) is 37.3 Å². The van der Waals surface area contributed by atoms with Crippen LogP contribution in [0.15, 0.2) is 308 Å². The maximum absolute atomic E-state index is 12.9. The quantitative estimate of drug-likeness (QED) is 0.0254. The van der Waals surface area contributed by atoms with Crippen LogP contribution in [-0.4, -0.2) is 80.6 Å². The zero-order valence-electron chi connectivity index (χ0n) is 71.3. The zero-order valence-corrected chi connectivity index (χ0v) is 73.6. The lowest BCUT2D eigenvalue weighted by Gasteiger charge is -2.37. The highest BCUT2D eigenvalue weighted by Crippen LogP contribution is 2.37. The molecule has 25 heteroatoms. The molecule has 16 rings (SSSR count). The number of benzene rings is 7. The van der Waals surface area contributed by atoms with E-state index >= 15 is 0 Å². The van der Waals surface area contributed by atoms with E-state index in [1.807, 2.05) is 139 Å². The first-order valence-electron chi connectivity index (χ1n) is 42.8. The number of pyridine rings is 5. The fourth-order valence-corrected chi connectivity index (χ4v) is 16.9. The van der Waals surface area contributed by atoms with E-state index in [2.05, 4.69) is 119 Å². The lowest BCUT2D eigenvalue weighted by Crippen LogP contribution is -3.00. The van der Waals surface area contributed by atoms with Crippen molar-refractivity contribution >= 4 is 34.6 Å². The molecular weight excluding hydrogens is 1650 g/mol. The Kier molecular flexibility index (Phi) is 39.9. The van der Waals surface area contributed by atoms with E-state index in [0.29, 0.717) is 31.2 Å². The first kappa shape index (κ1) is 99.7. The van der Waals surface area contributed by atoms with Crippen molar-refractivity contribution in [1.29, 1.82) is 0 Å². The number of aryl methyl sites for hydroxylation is 1. The maximum Gasteiger partial charge on any atom is 0.329 e. The summed E-state index contributed by atoms with van der Waals surface area (Å²) in [7, 11) is 0. The first-order chi connectivity index (χ1) is 60.1. The Morgan fingerprint density at radius 1 is 0.444 bits per heavy atom. The Hall–Kier alpha value is -11.7. The molecule has 4 saturated carbocycles. The average Bonchev–Trinajstić information content (AvgIpc) is 0.765. The highest BCUT2D eigenvalue weighted by Gasteiger charge is 2.43. The molecule has 0 aliphatic heterocycles. The van der Waals surface area contributed by atoms with Crippen molar-refractivity contribution < 1.29 is 73.9 Å².